The lowest BCUT2D eigenvalue weighted by Gasteiger charge is -2.20. The third kappa shape index (κ3) is 7.71. The summed E-state index contributed by atoms with van der Waals surface area (Å²) in [5.41, 5.74) is 2.32. The molecule has 146 valence electrons. The van der Waals surface area contributed by atoms with Crippen LogP contribution in [-0.2, 0) is 4.79 Å². The molecule has 5 heteroatoms. The lowest BCUT2D eigenvalue weighted by atomic mass is 10.2. The van der Waals surface area contributed by atoms with Gasteiger partial charge in [0.2, 0.25) is 5.91 Å². The van der Waals surface area contributed by atoms with Crippen molar-refractivity contribution in [3.63, 3.8) is 0 Å². The Morgan fingerprint density at radius 1 is 1.00 bits per heavy atom. The van der Waals surface area contributed by atoms with Crippen LogP contribution in [0.2, 0.25) is 0 Å². The summed E-state index contributed by atoms with van der Waals surface area (Å²) in [5.74, 6) is 0.952. The smallest absolute Gasteiger partial charge is 0.234 e. The Morgan fingerprint density at radius 2 is 1.70 bits per heavy atom. The van der Waals surface area contributed by atoms with Crippen LogP contribution < -0.4 is 15.0 Å². The van der Waals surface area contributed by atoms with Gasteiger partial charge in [-0.2, -0.15) is 0 Å². The predicted molar refractivity (Wildman–Crippen MR) is 112 cm³/mol. The quantitative estimate of drug-likeness (QED) is 0.619. The molecule has 0 spiro atoms. The first-order chi connectivity index (χ1) is 13.1. The molecular formula is C22H31N3O2. The monoisotopic (exact) mass is 369 g/mol. The van der Waals surface area contributed by atoms with Crippen LogP contribution in [0, 0.1) is 6.92 Å². The molecule has 0 unspecified atom stereocenters. The first-order valence-electron chi connectivity index (χ1n) is 9.46. The molecule has 2 aromatic rings. The van der Waals surface area contributed by atoms with Crippen LogP contribution in [0.3, 0.4) is 0 Å². The Balaban J connectivity index is 1.56. The van der Waals surface area contributed by atoms with Crippen molar-refractivity contribution in [2.75, 3.05) is 51.8 Å². The van der Waals surface area contributed by atoms with Gasteiger partial charge >= 0.3 is 0 Å². The van der Waals surface area contributed by atoms with Crippen molar-refractivity contribution in [2.45, 2.75) is 13.3 Å². The minimum Gasteiger partial charge on any atom is -0.492 e. The number of carbonyl (C=O) groups is 1. The number of hydrogen-bond acceptors (Lipinski definition) is 4. The summed E-state index contributed by atoms with van der Waals surface area (Å²) in [5, 5.41) is 2.99. The van der Waals surface area contributed by atoms with E-state index in [0.29, 0.717) is 26.2 Å². The van der Waals surface area contributed by atoms with Crippen molar-refractivity contribution in [1.29, 1.82) is 0 Å². The van der Waals surface area contributed by atoms with E-state index >= 15 is 0 Å². The molecule has 27 heavy (non-hydrogen) atoms. The number of anilines is 1. The van der Waals surface area contributed by atoms with Crippen LogP contribution in [0.1, 0.15) is 12.0 Å². The van der Waals surface area contributed by atoms with Crippen LogP contribution in [0.25, 0.3) is 0 Å². The van der Waals surface area contributed by atoms with E-state index in [1.165, 1.54) is 5.69 Å². The van der Waals surface area contributed by atoms with Crippen molar-refractivity contribution in [1.82, 2.24) is 10.2 Å². The number of amides is 1. The number of aryl methyl sites for hydroxylation is 1. The zero-order valence-corrected chi connectivity index (χ0v) is 16.6. The number of benzene rings is 2. The zero-order chi connectivity index (χ0) is 19.5. The third-order valence-corrected chi connectivity index (χ3v) is 4.43. The van der Waals surface area contributed by atoms with E-state index in [-0.39, 0.29) is 5.91 Å². The van der Waals surface area contributed by atoms with Crippen LogP contribution in [-0.4, -0.2) is 57.7 Å². The summed E-state index contributed by atoms with van der Waals surface area (Å²) in [6.45, 7) is 5.27. The highest BCUT2D eigenvalue weighted by atomic mass is 16.5. The summed E-state index contributed by atoms with van der Waals surface area (Å²) in [7, 11) is 4.00. The van der Waals surface area contributed by atoms with E-state index in [2.05, 4.69) is 29.4 Å². The molecule has 0 saturated carbocycles. The van der Waals surface area contributed by atoms with Gasteiger partial charge in [0.25, 0.3) is 0 Å². The minimum absolute atomic E-state index is 0.0516. The van der Waals surface area contributed by atoms with E-state index < -0.39 is 0 Å². The van der Waals surface area contributed by atoms with E-state index in [1.54, 1.807) is 0 Å². The minimum atomic E-state index is 0.0516. The number of ether oxygens (including phenoxy) is 1. The topological polar surface area (TPSA) is 44.8 Å². The standard InChI is InChI=1S/C22H31N3O2/c1-19-10-7-8-13-21(19)27-17-16-24(2)18-22(26)23-14-9-15-25(3)20-11-5-4-6-12-20/h4-8,10-13H,9,14-18H2,1-3H3,(H,23,26). The van der Waals surface area contributed by atoms with E-state index in [9.17, 15) is 4.79 Å². The highest BCUT2D eigenvalue weighted by Crippen LogP contribution is 2.15. The molecule has 1 amide bonds. The van der Waals surface area contributed by atoms with Crippen molar-refractivity contribution >= 4 is 11.6 Å². The largest absolute Gasteiger partial charge is 0.492 e. The second-order valence-electron chi connectivity index (χ2n) is 6.81. The van der Waals surface area contributed by atoms with Gasteiger partial charge in [-0.25, -0.2) is 0 Å². The Labute approximate surface area is 162 Å². The summed E-state index contributed by atoms with van der Waals surface area (Å²) in [4.78, 5) is 16.2. The second kappa shape index (κ2) is 11.2. The molecule has 0 atom stereocenters. The van der Waals surface area contributed by atoms with Gasteiger partial charge in [0.05, 0.1) is 6.54 Å². The molecular weight excluding hydrogens is 338 g/mol. The SMILES string of the molecule is Cc1ccccc1OCCN(C)CC(=O)NCCCN(C)c1ccccc1. The van der Waals surface area contributed by atoms with Crippen molar-refractivity contribution < 1.29 is 9.53 Å². The highest BCUT2D eigenvalue weighted by molar-refractivity contribution is 5.77. The lowest BCUT2D eigenvalue weighted by Crippen LogP contribution is -2.38. The molecule has 2 aromatic carbocycles. The van der Waals surface area contributed by atoms with Crippen LogP contribution in [0.5, 0.6) is 5.75 Å². The van der Waals surface area contributed by atoms with Gasteiger partial charge in [-0.3, -0.25) is 9.69 Å². The first-order valence-corrected chi connectivity index (χ1v) is 9.46. The molecule has 0 heterocycles. The average molecular weight is 370 g/mol. The Hall–Kier alpha value is -2.53. The van der Waals surface area contributed by atoms with Gasteiger partial charge in [-0.1, -0.05) is 36.4 Å². The summed E-state index contributed by atoms with van der Waals surface area (Å²) < 4.78 is 5.78. The maximum Gasteiger partial charge on any atom is 0.234 e. The molecule has 1 N–H and O–H groups in total. The van der Waals surface area contributed by atoms with Crippen molar-refractivity contribution in [3.05, 3.63) is 60.2 Å². The van der Waals surface area contributed by atoms with Crippen LogP contribution >= 0.6 is 0 Å². The molecule has 0 radical (unpaired) electrons. The lowest BCUT2D eigenvalue weighted by molar-refractivity contribution is -0.122. The fourth-order valence-electron chi connectivity index (χ4n) is 2.77. The number of carbonyl (C=O) groups excluding carboxylic acids is 1. The number of rotatable bonds is 11. The number of hydrogen-bond donors (Lipinski definition) is 1. The normalized spacial score (nSPS) is 10.7. The molecule has 0 aromatic heterocycles. The van der Waals surface area contributed by atoms with Crippen molar-refractivity contribution in [3.8, 4) is 5.75 Å². The number of nitrogens with zero attached hydrogens (tertiary/aromatic N) is 2. The molecule has 0 aliphatic heterocycles. The van der Waals surface area contributed by atoms with Gasteiger partial charge < -0.3 is 15.0 Å². The van der Waals surface area contributed by atoms with Gasteiger partial charge in [0.1, 0.15) is 12.4 Å². The van der Waals surface area contributed by atoms with E-state index in [0.717, 1.165) is 24.3 Å². The summed E-state index contributed by atoms with van der Waals surface area (Å²) in [6, 6.07) is 18.2. The van der Waals surface area contributed by atoms with Crippen molar-refractivity contribution in [2.24, 2.45) is 0 Å². The molecule has 2 rings (SSSR count). The fourth-order valence-corrected chi connectivity index (χ4v) is 2.77. The third-order valence-electron chi connectivity index (χ3n) is 4.43. The maximum absolute atomic E-state index is 12.0. The van der Waals surface area contributed by atoms with Gasteiger partial charge in [0.15, 0.2) is 0 Å². The Morgan fingerprint density at radius 3 is 2.44 bits per heavy atom. The number of likely N-dealkylation sites (N-methyl/N-ethyl adjacent to an activating group) is 1. The van der Waals surface area contributed by atoms with Gasteiger partial charge in [0, 0.05) is 32.4 Å². The average Bonchev–Trinajstić information content (AvgIpc) is 2.67. The summed E-state index contributed by atoms with van der Waals surface area (Å²) in [6.07, 6.45) is 0.914. The molecule has 0 aliphatic carbocycles. The number of para-hydroxylation sites is 2. The zero-order valence-electron chi connectivity index (χ0n) is 16.6. The van der Waals surface area contributed by atoms with E-state index in [1.807, 2.05) is 61.3 Å². The van der Waals surface area contributed by atoms with Crippen LogP contribution in [0.4, 0.5) is 5.69 Å². The van der Waals surface area contributed by atoms with Gasteiger partial charge in [-0.05, 0) is 44.2 Å². The molecule has 0 saturated heterocycles. The van der Waals surface area contributed by atoms with Gasteiger partial charge in [-0.15, -0.1) is 0 Å². The fraction of sp³-hybridized carbons (Fsp3) is 0.409. The molecule has 0 bridgehead atoms. The maximum atomic E-state index is 12.0. The first kappa shape index (κ1) is 20.8. The Bertz CT molecular complexity index is 691. The highest BCUT2D eigenvalue weighted by Gasteiger charge is 2.07. The number of nitrogens with one attached hydrogen (secondary N) is 1. The van der Waals surface area contributed by atoms with E-state index in [4.69, 9.17) is 4.74 Å². The summed E-state index contributed by atoms with van der Waals surface area (Å²) >= 11 is 0. The molecule has 0 aliphatic rings. The Kier molecular flexibility index (Phi) is 8.65. The molecule has 5 nitrogen and oxygen atoms in total. The van der Waals surface area contributed by atoms with Crippen LogP contribution in [0.15, 0.2) is 54.6 Å². The molecule has 0 fully saturated rings. The second-order valence-corrected chi connectivity index (χ2v) is 6.81. The predicted octanol–water partition coefficient (Wildman–Crippen LogP) is 2.95.